The molecule has 0 aliphatic carbocycles. The Morgan fingerprint density at radius 3 is 2.44 bits per heavy atom. The van der Waals surface area contributed by atoms with E-state index in [-0.39, 0.29) is 0 Å². The molecule has 1 aromatic carbocycles. The largest absolute Gasteiger partial charge is 0.378 e. The Hall–Kier alpha value is -1.26. The Kier molecular flexibility index (Phi) is 3.31. The molecule has 0 unspecified atom stereocenters. The molecule has 84 valence electrons. The Balaban J connectivity index is 2.11. The van der Waals surface area contributed by atoms with Crippen LogP contribution in [0.5, 0.6) is 0 Å². The Labute approximate surface area is 104 Å². The minimum atomic E-state index is 0.525. The maximum atomic E-state index is 5.75. The van der Waals surface area contributed by atoms with Gasteiger partial charge in [0.2, 0.25) is 0 Å². The van der Waals surface area contributed by atoms with Crippen LogP contribution in [0.2, 0.25) is 5.15 Å². The van der Waals surface area contributed by atoms with Crippen LogP contribution in [-0.2, 0) is 0 Å². The van der Waals surface area contributed by atoms with Crippen molar-refractivity contribution in [3.63, 3.8) is 0 Å². The van der Waals surface area contributed by atoms with E-state index in [0.717, 1.165) is 10.8 Å². The standard InChI is InChI=1S/C11H12ClN3S/c1-15(2)9-5-3-8(4-6-9)13-11-14-10(12)7-16-11/h3-7H,1-2H3,(H,13,14). The molecule has 0 fully saturated rings. The zero-order valence-electron chi connectivity index (χ0n) is 9.07. The topological polar surface area (TPSA) is 28.2 Å². The molecule has 0 saturated carbocycles. The van der Waals surface area contributed by atoms with E-state index in [1.807, 2.05) is 26.2 Å². The molecular formula is C11H12ClN3S. The van der Waals surface area contributed by atoms with E-state index in [9.17, 15) is 0 Å². The van der Waals surface area contributed by atoms with Crippen LogP contribution < -0.4 is 10.2 Å². The van der Waals surface area contributed by atoms with Crippen LogP contribution in [0, 0.1) is 0 Å². The van der Waals surface area contributed by atoms with Crippen LogP contribution in [-0.4, -0.2) is 19.1 Å². The average Bonchev–Trinajstić information content (AvgIpc) is 2.65. The molecule has 0 aliphatic rings. The fourth-order valence-corrected chi connectivity index (χ4v) is 2.14. The lowest BCUT2D eigenvalue weighted by Gasteiger charge is -2.12. The summed E-state index contributed by atoms with van der Waals surface area (Å²) >= 11 is 7.24. The van der Waals surface area contributed by atoms with E-state index in [1.165, 1.54) is 17.0 Å². The maximum Gasteiger partial charge on any atom is 0.188 e. The van der Waals surface area contributed by atoms with Crippen molar-refractivity contribution < 1.29 is 0 Å². The molecule has 0 bridgehead atoms. The van der Waals surface area contributed by atoms with Crippen molar-refractivity contribution in [1.82, 2.24) is 4.98 Å². The van der Waals surface area contributed by atoms with Gasteiger partial charge in [0, 0.05) is 30.9 Å². The fourth-order valence-electron chi connectivity index (χ4n) is 1.28. The van der Waals surface area contributed by atoms with Gasteiger partial charge in [-0.25, -0.2) is 4.98 Å². The Morgan fingerprint density at radius 2 is 1.94 bits per heavy atom. The lowest BCUT2D eigenvalue weighted by atomic mass is 10.2. The average molecular weight is 254 g/mol. The molecule has 0 saturated heterocycles. The number of aromatic nitrogens is 1. The number of hydrogen-bond donors (Lipinski definition) is 1. The molecule has 0 amide bonds. The summed E-state index contributed by atoms with van der Waals surface area (Å²) in [6.45, 7) is 0. The van der Waals surface area contributed by atoms with E-state index >= 15 is 0 Å². The monoisotopic (exact) mass is 253 g/mol. The van der Waals surface area contributed by atoms with E-state index in [1.54, 1.807) is 5.38 Å². The molecular weight excluding hydrogens is 242 g/mol. The minimum Gasteiger partial charge on any atom is -0.378 e. The fraction of sp³-hybridized carbons (Fsp3) is 0.182. The first kappa shape index (κ1) is 11.2. The smallest absolute Gasteiger partial charge is 0.188 e. The number of anilines is 3. The van der Waals surface area contributed by atoms with Gasteiger partial charge in [-0.05, 0) is 24.3 Å². The number of nitrogens with one attached hydrogen (secondary N) is 1. The third kappa shape index (κ3) is 2.65. The first-order chi connectivity index (χ1) is 7.65. The normalized spacial score (nSPS) is 10.2. The summed E-state index contributed by atoms with van der Waals surface area (Å²) in [6, 6.07) is 8.14. The summed E-state index contributed by atoms with van der Waals surface area (Å²) in [4.78, 5) is 6.19. The van der Waals surface area contributed by atoms with Gasteiger partial charge in [0.25, 0.3) is 0 Å². The van der Waals surface area contributed by atoms with E-state index in [4.69, 9.17) is 11.6 Å². The number of benzene rings is 1. The highest BCUT2D eigenvalue weighted by Crippen LogP contribution is 2.24. The molecule has 5 heteroatoms. The summed E-state index contributed by atoms with van der Waals surface area (Å²) in [7, 11) is 4.03. The van der Waals surface area contributed by atoms with Gasteiger partial charge >= 0.3 is 0 Å². The molecule has 1 N–H and O–H groups in total. The lowest BCUT2D eigenvalue weighted by molar-refractivity contribution is 1.13. The predicted molar refractivity (Wildman–Crippen MR) is 71.2 cm³/mol. The van der Waals surface area contributed by atoms with Crippen molar-refractivity contribution in [3.05, 3.63) is 34.8 Å². The summed E-state index contributed by atoms with van der Waals surface area (Å²) < 4.78 is 0. The van der Waals surface area contributed by atoms with Crippen LogP contribution in [0.15, 0.2) is 29.6 Å². The number of hydrogen-bond acceptors (Lipinski definition) is 4. The van der Waals surface area contributed by atoms with Gasteiger partial charge in [0.05, 0.1) is 0 Å². The van der Waals surface area contributed by atoms with Crippen molar-refractivity contribution in [2.75, 3.05) is 24.3 Å². The van der Waals surface area contributed by atoms with Gasteiger partial charge in [-0.3, -0.25) is 0 Å². The first-order valence-corrected chi connectivity index (χ1v) is 6.06. The summed E-state index contributed by atoms with van der Waals surface area (Å²) in [5.41, 5.74) is 2.18. The van der Waals surface area contributed by atoms with Crippen LogP contribution >= 0.6 is 22.9 Å². The molecule has 16 heavy (non-hydrogen) atoms. The van der Waals surface area contributed by atoms with Gasteiger partial charge in [-0.1, -0.05) is 11.6 Å². The van der Waals surface area contributed by atoms with E-state index in [2.05, 4.69) is 27.3 Å². The van der Waals surface area contributed by atoms with Gasteiger partial charge < -0.3 is 10.2 Å². The SMILES string of the molecule is CN(C)c1ccc(Nc2nc(Cl)cs2)cc1. The molecule has 0 radical (unpaired) electrons. The second-order valence-corrected chi connectivity index (χ2v) is 4.79. The van der Waals surface area contributed by atoms with Crippen molar-refractivity contribution in [2.45, 2.75) is 0 Å². The second-order valence-electron chi connectivity index (χ2n) is 3.54. The van der Waals surface area contributed by atoms with E-state index < -0.39 is 0 Å². The molecule has 1 heterocycles. The Bertz CT molecular complexity index is 464. The molecule has 3 nitrogen and oxygen atoms in total. The molecule has 0 aliphatic heterocycles. The second kappa shape index (κ2) is 4.72. The van der Waals surface area contributed by atoms with Crippen LogP contribution in [0.3, 0.4) is 0 Å². The van der Waals surface area contributed by atoms with Crippen LogP contribution in [0.1, 0.15) is 0 Å². The van der Waals surface area contributed by atoms with Crippen molar-refractivity contribution >= 4 is 39.4 Å². The van der Waals surface area contributed by atoms with Crippen LogP contribution in [0.4, 0.5) is 16.5 Å². The molecule has 1 aromatic heterocycles. The number of rotatable bonds is 3. The van der Waals surface area contributed by atoms with E-state index in [0.29, 0.717) is 5.15 Å². The zero-order valence-corrected chi connectivity index (χ0v) is 10.6. The highest BCUT2D eigenvalue weighted by Gasteiger charge is 2.00. The molecule has 2 aromatic rings. The lowest BCUT2D eigenvalue weighted by Crippen LogP contribution is -2.08. The highest BCUT2D eigenvalue weighted by molar-refractivity contribution is 7.14. The highest BCUT2D eigenvalue weighted by atomic mass is 35.5. The summed E-state index contributed by atoms with van der Waals surface area (Å²) in [6.07, 6.45) is 0. The van der Waals surface area contributed by atoms with Gasteiger partial charge in [-0.2, -0.15) is 0 Å². The third-order valence-electron chi connectivity index (χ3n) is 2.11. The quantitative estimate of drug-likeness (QED) is 0.906. The third-order valence-corrected chi connectivity index (χ3v) is 3.19. The first-order valence-electron chi connectivity index (χ1n) is 4.80. The minimum absolute atomic E-state index is 0.525. The molecule has 0 atom stereocenters. The number of nitrogens with zero attached hydrogens (tertiary/aromatic N) is 2. The molecule has 0 spiro atoms. The molecule has 2 rings (SSSR count). The van der Waals surface area contributed by atoms with Gasteiger partial charge in [0.15, 0.2) is 5.13 Å². The number of thiazole rings is 1. The predicted octanol–water partition coefficient (Wildman–Crippen LogP) is 3.61. The van der Waals surface area contributed by atoms with Crippen molar-refractivity contribution in [2.24, 2.45) is 0 Å². The van der Waals surface area contributed by atoms with Crippen LogP contribution in [0.25, 0.3) is 0 Å². The number of halogens is 1. The van der Waals surface area contributed by atoms with Crippen molar-refractivity contribution in [1.29, 1.82) is 0 Å². The van der Waals surface area contributed by atoms with Crippen molar-refractivity contribution in [3.8, 4) is 0 Å². The maximum absolute atomic E-state index is 5.75. The zero-order chi connectivity index (χ0) is 11.5. The summed E-state index contributed by atoms with van der Waals surface area (Å²) in [5.74, 6) is 0. The van der Waals surface area contributed by atoms with Gasteiger partial charge in [-0.15, -0.1) is 11.3 Å². The summed E-state index contributed by atoms with van der Waals surface area (Å²) in [5, 5.41) is 6.33. The van der Waals surface area contributed by atoms with Gasteiger partial charge in [0.1, 0.15) is 5.15 Å². The Morgan fingerprint density at radius 1 is 1.25 bits per heavy atom.